The number of ether oxygens (including phenoxy) is 1. The molecular formula is C58H113NO5. The number of aliphatic hydroxyl groups is 2. The molecule has 0 aromatic heterocycles. The number of rotatable bonds is 54. The summed E-state index contributed by atoms with van der Waals surface area (Å²) in [7, 11) is 0. The molecule has 0 fully saturated rings. The maximum absolute atomic E-state index is 12.5. The van der Waals surface area contributed by atoms with E-state index in [9.17, 15) is 19.8 Å². The summed E-state index contributed by atoms with van der Waals surface area (Å²) in [5.41, 5.74) is 0. The molecule has 0 bridgehead atoms. The molecule has 2 atom stereocenters. The summed E-state index contributed by atoms with van der Waals surface area (Å²) in [6.07, 6.45) is 63.4. The molecule has 0 spiro atoms. The lowest BCUT2D eigenvalue weighted by molar-refractivity contribution is -0.143. The molecule has 0 heterocycles. The average Bonchev–Trinajstić information content (AvgIpc) is 3.29. The predicted molar refractivity (Wildman–Crippen MR) is 278 cm³/mol. The Balaban J connectivity index is 3.44. The van der Waals surface area contributed by atoms with E-state index in [4.69, 9.17) is 4.74 Å². The molecule has 0 saturated heterocycles. The van der Waals surface area contributed by atoms with Crippen LogP contribution in [0.5, 0.6) is 0 Å². The van der Waals surface area contributed by atoms with E-state index in [1.54, 1.807) is 0 Å². The van der Waals surface area contributed by atoms with Crippen molar-refractivity contribution in [3.8, 4) is 0 Å². The number of esters is 1. The zero-order valence-corrected chi connectivity index (χ0v) is 43.3. The fourth-order valence-electron chi connectivity index (χ4n) is 9.11. The maximum Gasteiger partial charge on any atom is 0.305 e. The maximum atomic E-state index is 12.5. The van der Waals surface area contributed by atoms with Gasteiger partial charge in [0, 0.05) is 12.8 Å². The Morgan fingerprint density at radius 2 is 0.734 bits per heavy atom. The van der Waals surface area contributed by atoms with Crippen LogP contribution >= 0.6 is 0 Å². The minimum Gasteiger partial charge on any atom is -0.466 e. The van der Waals surface area contributed by atoms with Gasteiger partial charge in [0.25, 0.3) is 0 Å². The van der Waals surface area contributed by atoms with E-state index < -0.39 is 12.1 Å². The molecule has 6 nitrogen and oxygen atoms in total. The van der Waals surface area contributed by atoms with Gasteiger partial charge in [-0.3, -0.25) is 9.59 Å². The molecule has 0 radical (unpaired) electrons. The van der Waals surface area contributed by atoms with Crippen molar-refractivity contribution in [2.45, 2.75) is 334 Å². The van der Waals surface area contributed by atoms with Crippen molar-refractivity contribution in [3.05, 3.63) is 12.2 Å². The molecule has 6 heteroatoms. The summed E-state index contributed by atoms with van der Waals surface area (Å²) in [4.78, 5) is 24.5. The van der Waals surface area contributed by atoms with Gasteiger partial charge in [-0.15, -0.1) is 0 Å². The molecule has 0 aliphatic carbocycles. The second-order valence-electron chi connectivity index (χ2n) is 20.0. The number of unbranched alkanes of at least 4 members (excludes halogenated alkanes) is 41. The molecule has 3 N–H and O–H groups in total. The molecule has 0 aliphatic rings. The Morgan fingerprint density at radius 3 is 1.11 bits per heavy atom. The van der Waals surface area contributed by atoms with Gasteiger partial charge in [-0.1, -0.05) is 270 Å². The fraction of sp³-hybridized carbons (Fsp3) is 0.931. The van der Waals surface area contributed by atoms with E-state index in [0.717, 1.165) is 44.9 Å². The number of carbonyl (C=O) groups is 2. The van der Waals surface area contributed by atoms with E-state index in [1.165, 1.54) is 244 Å². The smallest absolute Gasteiger partial charge is 0.305 e. The van der Waals surface area contributed by atoms with Crippen molar-refractivity contribution in [1.29, 1.82) is 0 Å². The van der Waals surface area contributed by atoms with Gasteiger partial charge >= 0.3 is 5.97 Å². The van der Waals surface area contributed by atoms with Crippen molar-refractivity contribution in [1.82, 2.24) is 5.32 Å². The number of hydrogen-bond acceptors (Lipinski definition) is 5. The van der Waals surface area contributed by atoms with Crippen LogP contribution in [0.25, 0.3) is 0 Å². The van der Waals surface area contributed by atoms with Gasteiger partial charge in [-0.05, 0) is 51.4 Å². The van der Waals surface area contributed by atoms with E-state index >= 15 is 0 Å². The van der Waals surface area contributed by atoms with Crippen LogP contribution in [0.2, 0.25) is 0 Å². The van der Waals surface area contributed by atoms with Gasteiger partial charge in [-0.2, -0.15) is 0 Å². The molecule has 64 heavy (non-hydrogen) atoms. The number of hydrogen-bond donors (Lipinski definition) is 3. The average molecular weight is 905 g/mol. The zero-order valence-electron chi connectivity index (χ0n) is 43.3. The highest BCUT2D eigenvalue weighted by molar-refractivity contribution is 5.76. The molecule has 2 unspecified atom stereocenters. The van der Waals surface area contributed by atoms with Crippen molar-refractivity contribution >= 4 is 11.9 Å². The largest absolute Gasteiger partial charge is 0.466 e. The Bertz CT molecular complexity index is 955. The number of allylic oxidation sites excluding steroid dienone is 2. The molecule has 0 saturated carbocycles. The third-order valence-electron chi connectivity index (χ3n) is 13.6. The summed E-state index contributed by atoms with van der Waals surface area (Å²) in [5.74, 6) is -0.0379. The SMILES string of the molecule is CCCCCCCCCCCCCCCCCCCC(O)C(CO)NC(=O)CCCCCCCCC/C=C\CCCCCCCCCCOC(=O)CCCCCCCCCCCCC. The number of nitrogens with one attached hydrogen (secondary N) is 1. The van der Waals surface area contributed by atoms with Gasteiger partial charge < -0.3 is 20.3 Å². The van der Waals surface area contributed by atoms with Crippen LogP contribution in [0.1, 0.15) is 322 Å². The molecular weight excluding hydrogens is 791 g/mol. The predicted octanol–water partition coefficient (Wildman–Crippen LogP) is 17.7. The zero-order chi connectivity index (χ0) is 46.5. The van der Waals surface area contributed by atoms with Crippen LogP contribution in [0, 0.1) is 0 Å². The second-order valence-corrected chi connectivity index (χ2v) is 20.0. The summed E-state index contributed by atoms with van der Waals surface area (Å²) < 4.78 is 5.46. The van der Waals surface area contributed by atoms with Gasteiger partial charge in [0.2, 0.25) is 5.91 Å². The minimum atomic E-state index is -0.670. The van der Waals surface area contributed by atoms with E-state index in [0.29, 0.717) is 25.9 Å². The van der Waals surface area contributed by atoms with Gasteiger partial charge in [0.15, 0.2) is 0 Å². The first-order valence-electron chi connectivity index (χ1n) is 28.9. The molecule has 380 valence electrons. The minimum absolute atomic E-state index is 0.00417. The Hall–Kier alpha value is -1.40. The topological polar surface area (TPSA) is 95.9 Å². The molecule has 0 aromatic carbocycles. The van der Waals surface area contributed by atoms with E-state index in [1.807, 2.05) is 0 Å². The standard InChI is InChI=1S/C58H113NO5/c1-3-5-7-9-11-13-15-16-17-21-24-27-31-34-38-42-46-50-56(61)55(54-60)59-57(62)51-47-43-39-35-32-28-25-22-19-18-20-23-26-29-33-37-41-45-49-53-64-58(63)52-48-44-40-36-30-14-12-10-8-6-4-2/h18-19,55-56,60-61H,3-17,20-54H2,1-2H3,(H,59,62)/b19-18-. The molecule has 0 aromatic rings. The highest BCUT2D eigenvalue weighted by Crippen LogP contribution is 2.17. The van der Waals surface area contributed by atoms with Crippen molar-refractivity contribution in [3.63, 3.8) is 0 Å². The van der Waals surface area contributed by atoms with Gasteiger partial charge in [0.05, 0.1) is 25.4 Å². The summed E-state index contributed by atoms with van der Waals surface area (Å²) >= 11 is 0. The van der Waals surface area contributed by atoms with Crippen LogP contribution in [0.15, 0.2) is 12.2 Å². The van der Waals surface area contributed by atoms with Crippen LogP contribution < -0.4 is 5.32 Å². The van der Waals surface area contributed by atoms with E-state index in [2.05, 4.69) is 31.3 Å². The number of amides is 1. The second kappa shape index (κ2) is 54.2. The summed E-state index contributed by atoms with van der Waals surface area (Å²) in [6, 6.07) is -0.548. The van der Waals surface area contributed by atoms with Crippen molar-refractivity contribution in [2.75, 3.05) is 13.2 Å². The third kappa shape index (κ3) is 50.0. The third-order valence-corrected chi connectivity index (χ3v) is 13.6. The molecule has 1 amide bonds. The Kier molecular flexibility index (Phi) is 53.0. The van der Waals surface area contributed by atoms with Gasteiger partial charge in [-0.25, -0.2) is 0 Å². The van der Waals surface area contributed by atoms with Crippen molar-refractivity contribution < 1.29 is 24.5 Å². The summed E-state index contributed by atoms with van der Waals surface area (Å²) in [6.45, 7) is 4.95. The van der Waals surface area contributed by atoms with Gasteiger partial charge in [0.1, 0.15) is 0 Å². The quantitative estimate of drug-likeness (QED) is 0.0321. The normalized spacial score (nSPS) is 12.6. The van der Waals surface area contributed by atoms with E-state index in [-0.39, 0.29) is 18.5 Å². The highest BCUT2D eigenvalue weighted by atomic mass is 16.5. The lowest BCUT2D eigenvalue weighted by Gasteiger charge is -2.22. The van der Waals surface area contributed by atoms with Crippen LogP contribution in [0.4, 0.5) is 0 Å². The van der Waals surface area contributed by atoms with Crippen LogP contribution in [-0.2, 0) is 14.3 Å². The fourth-order valence-corrected chi connectivity index (χ4v) is 9.11. The Labute approximate surface area is 399 Å². The number of carbonyl (C=O) groups excluding carboxylic acids is 2. The lowest BCUT2D eigenvalue weighted by Crippen LogP contribution is -2.45. The van der Waals surface area contributed by atoms with Crippen molar-refractivity contribution in [2.24, 2.45) is 0 Å². The Morgan fingerprint density at radius 1 is 0.422 bits per heavy atom. The highest BCUT2D eigenvalue weighted by Gasteiger charge is 2.20. The molecule has 0 aliphatic heterocycles. The first kappa shape index (κ1) is 62.6. The first-order valence-corrected chi connectivity index (χ1v) is 28.9. The first-order chi connectivity index (χ1) is 31.5. The molecule has 0 rings (SSSR count). The summed E-state index contributed by atoms with van der Waals surface area (Å²) in [5, 5.41) is 23.3. The monoisotopic (exact) mass is 904 g/mol. The van der Waals surface area contributed by atoms with Crippen LogP contribution in [0.3, 0.4) is 0 Å². The lowest BCUT2D eigenvalue weighted by atomic mass is 10.0. The number of aliphatic hydroxyl groups excluding tert-OH is 2. The van der Waals surface area contributed by atoms with Crippen LogP contribution in [-0.4, -0.2) is 47.4 Å².